The van der Waals surface area contributed by atoms with Gasteiger partial charge in [0.1, 0.15) is 5.75 Å². The summed E-state index contributed by atoms with van der Waals surface area (Å²) in [4.78, 5) is 12.1. The lowest BCUT2D eigenvalue weighted by atomic mass is 9.82. The van der Waals surface area contributed by atoms with E-state index in [9.17, 15) is 4.79 Å². The van der Waals surface area contributed by atoms with Gasteiger partial charge in [-0.1, -0.05) is 17.7 Å². The quantitative estimate of drug-likeness (QED) is 0.343. The highest BCUT2D eigenvalue weighted by Crippen LogP contribution is 2.29. The van der Waals surface area contributed by atoms with Crippen molar-refractivity contribution >= 4 is 24.3 Å². The van der Waals surface area contributed by atoms with Crippen molar-refractivity contribution in [1.29, 1.82) is 5.41 Å². The number of halogens is 1. The molecule has 5 nitrogen and oxygen atoms in total. The summed E-state index contributed by atoms with van der Waals surface area (Å²) in [5, 5.41) is 10.0. The molecule has 22 heavy (non-hydrogen) atoms. The molecule has 1 aliphatic carbocycles. The molecule has 4 N–H and O–H groups in total. The number of nitrogens with two attached hydrogens (primary N) is 1. The van der Waals surface area contributed by atoms with Crippen molar-refractivity contribution < 1.29 is 9.53 Å². The first-order valence-electron chi connectivity index (χ1n) is 7.41. The topological polar surface area (TPSA) is 88.2 Å². The molecule has 6 heteroatoms. The summed E-state index contributed by atoms with van der Waals surface area (Å²) in [5.74, 6) is 0.968. The van der Waals surface area contributed by atoms with Crippen LogP contribution in [0.3, 0.4) is 0 Å². The summed E-state index contributed by atoms with van der Waals surface area (Å²) in [7, 11) is 0. The van der Waals surface area contributed by atoms with E-state index in [0.717, 1.165) is 37.8 Å². The maximum atomic E-state index is 12.1. The number of carbonyl (C=O) groups excluding carboxylic acids is 1. The Balaban J connectivity index is 0.00000242. The van der Waals surface area contributed by atoms with Gasteiger partial charge in [-0.3, -0.25) is 10.2 Å². The predicted molar refractivity (Wildman–Crippen MR) is 89.4 cm³/mol. The van der Waals surface area contributed by atoms with Gasteiger partial charge >= 0.3 is 5.97 Å². The molecule has 0 spiro atoms. The molecular weight excluding hydrogens is 302 g/mol. The Labute approximate surface area is 137 Å². The van der Waals surface area contributed by atoms with Crippen molar-refractivity contribution in [1.82, 2.24) is 5.32 Å². The molecule has 1 aliphatic rings. The van der Waals surface area contributed by atoms with Crippen LogP contribution < -0.4 is 15.8 Å². The zero-order valence-corrected chi connectivity index (χ0v) is 13.6. The Morgan fingerprint density at radius 1 is 1.27 bits per heavy atom. The number of guanidine groups is 1. The Hall–Kier alpha value is -1.75. The molecule has 0 aliphatic heterocycles. The van der Waals surface area contributed by atoms with Crippen LogP contribution >= 0.6 is 12.4 Å². The van der Waals surface area contributed by atoms with Crippen molar-refractivity contribution in [3.8, 4) is 5.75 Å². The van der Waals surface area contributed by atoms with Crippen molar-refractivity contribution in [3.63, 3.8) is 0 Å². The summed E-state index contributed by atoms with van der Waals surface area (Å²) >= 11 is 0. The number of carbonyl (C=O) groups is 1. The van der Waals surface area contributed by atoms with Crippen LogP contribution in [-0.2, 0) is 4.79 Å². The smallest absolute Gasteiger partial charge is 0.314 e. The van der Waals surface area contributed by atoms with Gasteiger partial charge in [-0.05, 0) is 50.7 Å². The maximum Gasteiger partial charge on any atom is 0.314 e. The van der Waals surface area contributed by atoms with Crippen LogP contribution in [0, 0.1) is 24.2 Å². The summed E-state index contributed by atoms with van der Waals surface area (Å²) in [5.41, 5.74) is 6.43. The lowest BCUT2D eigenvalue weighted by molar-refractivity contribution is -0.140. The second kappa shape index (κ2) is 8.63. The number of ether oxygens (including phenoxy) is 1. The second-order valence-electron chi connectivity index (χ2n) is 5.75. The first-order valence-corrected chi connectivity index (χ1v) is 7.41. The molecule has 1 fully saturated rings. The minimum absolute atomic E-state index is 0. The predicted octanol–water partition coefficient (Wildman–Crippen LogP) is 2.61. The molecule has 1 saturated carbocycles. The van der Waals surface area contributed by atoms with E-state index in [4.69, 9.17) is 15.9 Å². The lowest BCUT2D eigenvalue weighted by Gasteiger charge is -2.27. The Morgan fingerprint density at radius 3 is 2.41 bits per heavy atom. The second-order valence-corrected chi connectivity index (χ2v) is 5.75. The number of hydrogen-bond acceptors (Lipinski definition) is 3. The van der Waals surface area contributed by atoms with Crippen LogP contribution in [0.1, 0.15) is 31.2 Å². The molecule has 2 rings (SSSR count). The van der Waals surface area contributed by atoms with Crippen molar-refractivity contribution in [2.45, 2.75) is 32.6 Å². The van der Waals surface area contributed by atoms with E-state index in [1.54, 1.807) is 0 Å². The van der Waals surface area contributed by atoms with Gasteiger partial charge in [0.15, 0.2) is 5.96 Å². The third kappa shape index (κ3) is 5.56. The normalized spacial score (nSPS) is 20.6. The minimum atomic E-state index is -0.128. The Morgan fingerprint density at radius 2 is 1.86 bits per heavy atom. The fraction of sp³-hybridized carbons (Fsp3) is 0.500. The molecule has 0 atom stereocenters. The molecule has 0 unspecified atom stereocenters. The monoisotopic (exact) mass is 325 g/mol. The molecule has 1 aromatic rings. The average Bonchev–Trinajstić information content (AvgIpc) is 2.48. The highest BCUT2D eigenvalue weighted by atomic mass is 35.5. The fourth-order valence-electron chi connectivity index (χ4n) is 2.66. The highest BCUT2D eigenvalue weighted by Gasteiger charge is 2.27. The minimum Gasteiger partial charge on any atom is -0.426 e. The molecule has 1 aromatic carbocycles. The zero-order chi connectivity index (χ0) is 15.2. The van der Waals surface area contributed by atoms with Gasteiger partial charge in [0.05, 0.1) is 5.92 Å². The Kier molecular flexibility index (Phi) is 7.18. The van der Waals surface area contributed by atoms with Crippen LogP contribution in [0.5, 0.6) is 5.75 Å². The summed E-state index contributed by atoms with van der Waals surface area (Å²) < 4.78 is 5.43. The van der Waals surface area contributed by atoms with Gasteiger partial charge in [0.2, 0.25) is 0 Å². The van der Waals surface area contributed by atoms with E-state index < -0.39 is 0 Å². The molecule has 122 valence electrons. The maximum absolute atomic E-state index is 12.1. The van der Waals surface area contributed by atoms with Gasteiger partial charge in [-0.25, -0.2) is 0 Å². The number of esters is 1. The van der Waals surface area contributed by atoms with E-state index in [-0.39, 0.29) is 30.3 Å². The van der Waals surface area contributed by atoms with Crippen LogP contribution in [0.4, 0.5) is 0 Å². The number of hydrogen-bond donors (Lipinski definition) is 3. The fourth-order valence-corrected chi connectivity index (χ4v) is 2.66. The van der Waals surface area contributed by atoms with Gasteiger partial charge in [-0.2, -0.15) is 0 Å². The molecule has 0 radical (unpaired) electrons. The van der Waals surface area contributed by atoms with E-state index in [1.807, 2.05) is 31.2 Å². The Bertz CT molecular complexity index is 497. The van der Waals surface area contributed by atoms with Gasteiger partial charge in [-0.15, -0.1) is 12.4 Å². The van der Waals surface area contributed by atoms with E-state index in [0.29, 0.717) is 11.7 Å². The lowest BCUT2D eigenvalue weighted by Crippen LogP contribution is -2.36. The van der Waals surface area contributed by atoms with Gasteiger partial charge in [0.25, 0.3) is 0 Å². The van der Waals surface area contributed by atoms with E-state index in [2.05, 4.69) is 5.32 Å². The third-order valence-electron chi connectivity index (χ3n) is 4.00. The van der Waals surface area contributed by atoms with Crippen molar-refractivity contribution in [2.75, 3.05) is 6.54 Å². The molecule has 0 heterocycles. The number of aryl methyl sites for hydroxylation is 1. The standard InChI is InChI=1S/C16H23N3O2.ClH/c1-11-2-8-14(9-3-11)21-15(20)13-6-4-12(5-7-13)10-19-16(17)18;/h2-3,8-9,12-13H,4-7,10H2,1H3,(H4,17,18,19);1H/t12-,13-;. The SMILES string of the molecule is Cc1ccc(OC(=O)[C@H]2CC[C@H](CNC(=N)N)CC2)cc1.Cl. The van der Waals surface area contributed by atoms with Crippen molar-refractivity contribution in [3.05, 3.63) is 29.8 Å². The van der Waals surface area contributed by atoms with Crippen LogP contribution in [0.15, 0.2) is 24.3 Å². The largest absolute Gasteiger partial charge is 0.426 e. The van der Waals surface area contributed by atoms with E-state index in [1.165, 1.54) is 0 Å². The molecule has 0 aromatic heterocycles. The zero-order valence-electron chi connectivity index (χ0n) is 12.8. The first kappa shape index (κ1) is 18.3. The number of benzene rings is 1. The average molecular weight is 326 g/mol. The summed E-state index contributed by atoms with van der Waals surface area (Å²) in [6.45, 7) is 2.72. The van der Waals surface area contributed by atoms with Crippen molar-refractivity contribution in [2.24, 2.45) is 17.6 Å². The first-order chi connectivity index (χ1) is 10.0. The van der Waals surface area contributed by atoms with Gasteiger partial charge < -0.3 is 15.8 Å². The third-order valence-corrected chi connectivity index (χ3v) is 4.00. The summed E-state index contributed by atoms with van der Waals surface area (Å²) in [6.07, 6.45) is 3.62. The van der Waals surface area contributed by atoms with Crippen LogP contribution in [-0.4, -0.2) is 18.5 Å². The van der Waals surface area contributed by atoms with Crippen LogP contribution in [0.25, 0.3) is 0 Å². The summed E-state index contributed by atoms with van der Waals surface area (Å²) in [6, 6.07) is 7.53. The highest BCUT2D eigenvalue weighted by molar-refractivity contribution is 5.85. The number of rotatable bonds is 4. The molecule has 0 amide bonds. The van der Waals surface area contributed by atoms with E-state index >= 15 is 0 Å². The van der Waals surface area contributed by atoms with Gasteiger partial charge in [0, 0.05) is 6.54 Å². The van der Waals surface area contributed by atoms with Crippen LogP contribution in [0.2, 0.25) is 0 Å². The molecular formula is C16H24ClN3O2. The number of nitrogens with one attached hydrogen (secondary N) is 2. The molecule has 0 bridgehead atoms. The molecule has 0 saturated heterocycles.